The monoisotopic (exact) mass is 435 g/mol. The second-order valence-electron chi connectivity index (χ2n) is 7.22. The van der Waals surface area contributed by atoms with Gasteiger partial charge in [-0.05, 0) is 37.6 Å². The summed E-state index contributed by atoms with van der Waals surface area (Å²) < 4.78 is 65.7. The molecule has 0 bridgehead atoms. The molecule has 1 amide bonds. The first-order chi connectivity index (χ1) is 14.7. The molecule has 3 heterocycles. The van der Waals surface area contributed by atoms with Crippen molar-refractivity contribution in [1.82, 2.24) is 10.1 Å². The lowest BCUT2D eigenvalue weighted by molar-refractivity contribution is -0.146. The molecule has 2 aromatic heterocycles. The minimum atomic E-state index is -2.97. The number of alkyl halides is 2. The van der Waals surface area contributed by atoms with Gasteiger partial charge in [0.2, 0.25) is 5.76 Å². The summed E-state index contributed by atoms with van der Waals surface area (Å²) in [6.45, 7) is 0.811. The van der Waals surface area contributed by atoms with E-state index in [2.05, 4.69) is 15.5 Å². The second kappa shape index (κ2) is 8.10. The van der Waals surface area contributed by atoms with Crippen molar-refractivity contribution in [2.75, 3.05) is 11.9 Å². The molecule has 0 radical (unpaired) electrons. The molecule has 6 nitrogen and oxygen atoms in total. The number of aryl methyl sites for hydroxylation is 1. The van der Waals surface area contributed by atoms with Crippen LogP contribution in [0.15, 0.2) is 41.1 Å². The molecule has 0 unspecified atom stereocenters. The first-order valence-corrected chi connectivity index (χ1v) is 9.42. The minimum Gasteiger partial charge on any atom is -0.366 e. The minimum absolute atomic E-state index is 0.0151. The van der Waals surface area contributed by atoms with Gasteiger partial charge in [-0.1, -0.05) is 5.16 Å². The average Bonchev–Trinajstić information content (AvgIpc) is 3.17. The molecule has 1 N–H and O–H groups in total. The van der Waals surface area contributed by atoms with Crippen LogP contribution >= 0.6 is 0 Å². The van der Waals surface area contributed by atoms with E-state index in [4.69, 9.17) is 9.26 Å². The molecule has 0 spiro atoms. The van der Waals surface area contributed by atoms with Gasteiger partial charge >= 0.3 is 0 Å². The fraction of sp³-hybridized carbons (Fsp3) is 0.286. The quantitative estimate of drug-likeness (QED) is 0.580. The smallest absolute Gasteiger partial charge is 0.294 e. The van der Waals surface area contributed by atoms with Gasteiger partial charge in [0.05, 0.1) is 17.1 Å². The Hall–Kier alpha value is -3.27. The maximum Gasteiger partial charge on any atom is 0.294 e. The number of ether oxygens (including phenoxy) is 1. The highest BCUT2D eigenvalue weighted by molar-refractivity contribution is 6.05. The van der Waals surface area contributed by atoms with Crippen molar-refractivity contribution >= 4 is 11.6 Å². The Morgan fingerprint density at radius 2 is 2.00 bits per heavy atom. The van der Waals surface area contributed by atoms with E-state index in [9.17, 15) is 22.4 Å². The van der Waals surface area contributed by atoms with Crippen LogP contribution in [0.4, 0.5) is 23.2 Å². The van der Waals surface area contributed by atoms with Gasteiger partial charge in [-0.25, -0.2) is 17.6 Å². The summed E-state index contributed by atoms with van der Waals surface area (Å²) in [5, 5.41) is 6.22. The van der Waals surface area contributed by atoms with Crippen LogP contribution in [0.5, 0.6) is 0 Å². The maximum atomic E-state index is 14.5. The molecule has 31 heavy (non-hydrogen) atoms. The van der Waals surface area contributed by atoms with Crippen LogP contribution in [0, 0.1) is 18.6 Å². The Morgan fingerprint density at radius 3 is 2.68 bits per heavy atom. The first kappa shape index (κ1) is 21.0. The summed E-state index contributed by atoms with van der Waals surface area (Å²) in [6, 6.07) is 5.67. The number of rotatable bonds is 4. The van der Waals surface area contributed by atoms with Crippen molar-refractivity contribution in [2.45, 2.75) is 31.8 Å². The molecule has 3 aromatic rings. The van der Waals surface area contributed by atoms with E-state index in [-0.39, 0.29) is 34.7 Å². The zero-order valence-corrected chi connectivity index (χ0v) is 16.3. The van der Waals surface area contributed by atoms with Crippen molar-refractivity contribution in [3.8, 4) is 11.1 Å². The van der Waals surface area contributed by atoms with Crippen molar-refractivity contribution < 1.29 is 31.6 Å². The number of nitrogens with zero attached hydrogens (tertiary/aromatic N) is 2. The zero-order valence-electron chi connectivity index (χ0n) is 16.3. The van der Waals surface area contributed by atoms with Crippen LogP contribution in [0.2, 0.25) is 0 Å². The van der Waals surface area contributed by atoms with E-state index >= 15 is 0 Å². The highest BCUT2D eigenvalue weighted by atomic mass is 19.3. The number of carbonyl (C=O) groups excluding carboxylic acids is 1. The highest BCUT2D eigenvalue weighted by Gasteiger charge is 2.38. The van der Waals surface area contributed by atoms with Gasteiger partial charge in [-0.3, -0.25) is 9.78 Å². The van der Waals surface area contributed by atoms with Crippen LogP contribution < -0.4 is 5.32 Å². The van der Waals surface area contributed by atoms with E-state index in [0.29, 0.717) is 5.69 Å². The van der Waals surface area contributed by atoms with Crippen LogP contribution in [0.3, 0.4) is 0 Å². The van der Waals surface area contributed by atoms with Gasteiger partial charge in [0, 0.05) is 29.8 Å². The molecule has 1 saturated heterocycles. The molecule has 1 fully saturated rings. The second-order valence-corrected chi connectivity index (χ2v) is 7.22. The number of anilines is 1. The summed E-state index contributed by atoms with van der Waals surface area (Å²) in [7, 11) is 0. The lowest BCUT2D eigenvalue weighted by atomic mass is 9.97. The van der Waals surface area contributed by atoms with Crippen molar-refractivity contribution in [2.24, 2.45) is 0 Å². The predicted molar refractivity (Wildman–Crippen MR) is 102 cm³/mol. The molecular weight excluding hydrogens is 418 g/mol. The third-order valence-electron chi connectivity index (χ3n) is 4.86. The zero-order chi connectivity index (χ0) is 22.2. The Kier molecular flexibility index (Phi) is 5.48. The number of nitrogens with one attached hydrogen (secondary N) is 1. The summed E-state index contributed by atoms with van der Waals surface area (Å²) in [6.07, 6.45) is -0.0614. The SMILES string of the molecule is Cc1cc(C(=O)Nc2c(-c3cc(F)ccc3F)ccnc2[C@H]2CCC(F)(F)CO2)on1. The molecule has 1 aliphatic rings. The number of aromatic nitrogens is 2. The fourth-order valence-corrected chi connectivity index (χ4v) is 3.36. The number of halogens is 4. The van der Waals surface area contributed by atoms with Crippen molar-refractivity contribution in [3.05, 3.63) is 65.3 Å². The molecule has 1 aromatic carbocycles. The third-order valence-corrected chi connectivity index (χ3v) is 4.86. The summed E-state index contributed by atoms with van der Waals surface area (Å²) in [4.78, 5) is 16.9. The average molecular weight is 435 g/mol. The van der Waals surface area contributed by atoms with Crippen molar-refractivity contribution in [1.29, 1.82) is 0 Å². The largest absolute Gasteiger partial charge is 0.366 e. The Balaban J connectivity index is 1.79. The van der Waals surface area contributed by atoms with E-state index in [1.54, 1.807) is 6.92 Å². The van der Waals surface area contributed by atoms with Crippen LogP contribution in [-0.2, 0) is 4.74 Å². The Labute approximate surface area is 174 Å². The third kappa shape index (κ3) is 4.43. The summed E-state index contributed by atoms with van der Waals surface area (Å²) in [5.74, 6) is -5.22. The molecule has 0 aliphatic carbocycles. The standard InChI is InChI=1S/C21H17F4N3O3/c1-11-8-17(31-28-11)20(29)27-18-13(14-9-12(22)2-3-15(14)23)5-7-26-19(18)16-4-6-21(24,25)10-30-16/h2-3,5,7-9,16H,4,6,10H2,1H3,(H,27,29)/t16-/m1/s1. The van der Waals surface area contributed by atoms with Gasteiger partial charge < -0.3 is 14.6 Å². The number of hydrogen-bond acceptors (Lipinski definition) is 5. The van der Waals surface area contributed by atoms with E-state index in [0.717, 1.165) is 18.2 Å². The summed E-state index contributed by atoms with van der Waals surface area (Å²) >= 11 is 0. The van der Waals surface area contributed by atoms with Gasteiger partial charge in [-0.15, -0.1) is 0 Å². The number of benzene rings is 1. The van der Waals surface area contributed by atoms with E-state index < -0.39 is 42.6 Å². The Morgan fingerprint density at radius 1 is 1.19 bits per heavy atom. The molecule has 10 heteroatoms. The number of carbonyl (C=O) groups is 1. The normalized spacial score (nSPS) is 18.0. The number of hydrogen-bond donors (Lipinski definition) is 1. The lowest BCUT2D eigenvalue weighted by Crippen LogP contribution is -2.31. The maximum absolute atomic E-state index is 14.5. The predicted octanol–water partition coefficient (Wildman–Crippen LogP) is 5.06. The molecule has 1 atom stereocenters. The van der Waals surface area contributed by atoms with Gasteiger partial charge in [0.15, 0.2) is 0 Å². The Bertz CT molecular complexity index is 1120. The lowest BCUT2D eigenvalue weighted by Gasteiger charge is -2.30. The first-order valence-electron chi connectivity index (χ1n) is 9.42. The van der Waals surface area contributed by atoms with E-state index in [1.165, 1.54) is 18.3 Å². The van der Waals surface area contributed by atoms with Crippen molar-refractivity contribution in [3.63, 3.8) is 0 Å². The number of pyridine rings is 1. The van der Waals surface area contributed by atoms with Crippen LogP contribution in [0.25, 0.3) is 11.1 Å². The van der Waals surface area contributed by atoms with Crippen LogP contribution in [-0.4, -0.2) is 28.6 Å². The molecule has 0 saturated carbocycles. The van der Waals surface area contributed by atoms with Gasteiger partial charge in [0.1, 0.15) is 24.3 Å². The van der Waals surface area contributed by atoms with Crippen LogP contribution in [0.1, 0.15) is 40.9 Å². The molecule has 162 valence electrons. The topological polar surface area (TPSA) is 77.2 Å². The molecule has 4 rings (SSSR count). The van der Waals surface area contributed by atoms with Gasteiger partial charge in [0.25, 0.3) is 11.8 Å². The number of amides is 1. The van der Waals surface area contributed by atoms with E-state index in [1.807, 2.05) is 0 Å². The molecule has 1 aliphatic heterocycles. The summed E-state index contributed by atoms with van der Waals surface area (Å²) in [5.41, 5.74) is 0.592. The molecular formula is C21H17F4N3O3. The highest BCUT2D eigenvalue weighted by Crippen LogP contribution is 2.41. The van der Waals surface area contributed by atoms with Gasteiger partial charge in [-0.2, -0.15) is 0 Å². The fourth-order valence-electron chi connectivity index (χ4n) is 3.36.